The molecule has 0 fully saturated rings. The highest BCUT2D eigenvalue weighted by molar-refractivity contribution is 5.90. The second-order valence-electron chi connectivity index (χ2n) is 13.4. The van der Waals surface area contributed by atoms with Gasteiger partial charge >= 0.3 is 11.9 Å². The Labute approximate surface area is 301 Å². The fourth-order valence-corrected chi connectivity index (χ4v) is 5.51. The molecule has 0 aromatic carbocycles. The highest BCUT2D eigenvalue weighted by Crippen LogP contribution is 2.14. The normalized spacial score (nSPS) is 12.6. The summed E-state index contributed by atoms with van der Waals surface area (Å²) in [6.45, 7) is 3.91. The summed E-state index contributed by atoms with van der Waals surface area (Å²) in [7, 11) is 0. The highest BCUT2D eigenvalue weighted by atomic mass is 16.6. The van der Waals surface area contributed by atoms with Gasteiger partial charge in [0.1, 0.15) is 6.61 Å². The summed E-state index contributed by atoms with van der Waals surface area (Å²) < 4.78 is 10.5. The maximum atomic E-state index is 12.1. The Morgan fingerprint density at radius 2 is 1.02 bits per heavy atom. The average Bonchev–Trinajstić information content (AvgIpc) is 3.10. The van der Waals surface area contributed by atoms with E-state index in [1.165, 1.54) is 115 Å². The van der Waals surface area contributed by atoms with E-state index in [0.717, 1.165) is 38.5 Å². The van der Waals surface area contributed by atoms with Crippen molar-refractivity contribution in [1.29, 1.82) is 0 Å². The number of hydrogen-bond donors (Lipinski definition) is 1. The number of allylic oxidation sites excluding steroid dienone is 8. The second-order valence-corrected chi connectivity index (χ2v) is 13.4. The van der Waals surface area contributed by atoms with Crippen LogP contribution in [0.5, 0.6) is 0 Å². The molecule has 0 amide bonds. The molecule has 0 saturated carbocycles. The smallest absolute Gasteiger partial charge is 0.306 e. The number of carbonyl (C=O) groups excluding carboxylic acids is 3. The van der Waals surface area contributed by atoms with Gasteiger partial charge in [-0.2, -0.15) is 0 Å². The number of ether oxygens (including phenoxy) is 2. The predicted octanol–water partition coefficient (Wildman–Crippen LogP) is 11.8. The van der Waals surface area contributed by atoms with Crippen LogP contribution in [0.4, 0.5) is 0 Å². The SMILES string of the molecule is CCCCC/C=C\C/C=C\C/C=C\C=C\C(=O)CCCC(=O)O[C@@H](CO)COC(=O)CCCCCCCCCCCCCCCCCCC. The fraction of sp³-hybridized carbons (Fsp3) is 0.744. The summed E-state index contributed by atoms with van der Waals surface area (Å²) in [6.07, 6.45) is 44.5. The zero-order chi connectivity index (χ0) is 35.9. The Morgan fingerprint density at radius 1 is 0.531 bits per heavy atom. The molecule has 0 aromatic rings. The number of ketones is 1. The van der Waals surface area contributed by atoms with Gasteiger partial charge in [-0.05, 0) is 44.6 Å². The molecular formula is C43H74O6. The van der Waals surface area contributed by atoms with Crippen molar-refractivity contribution in [2.75, 3.05) is 13.2 Å². The Kier molecular flexibility index (Phi) is 36.4. The van der Waals surface area contributed by atoms with Crippen LogP contribution >= 0.6 is 0 Å². The molecule has 1 atom stereocenters. The maximum absolute atomic E-state index is 12.1. The molecule has 0 heterocycles. The van der Waals surface area contributed by atoms with E-state index in [2.05, 4.69) is 38.2 Å². The number of esters is 2. The van der Waals surface area contributed by atoms with Crippen LogP contribution in [0.3, 0.4) is 0 Å². The van der Waals surface area contributed by atoms with Crippen LogP contribution in [-0.2, 0) is 23.9 Å². The van der Waals surface area contributed by atoms with Gasteiger partial charge in [0.15, 0.2) is 11.9 Å². The summed E-state index contributed by atoms with van der Waals surface area (Å²) in [5.41, 5.74) is 0. The number of carbonyl (C=O) groups is 3. The molecule has 282 valence electrons. The molecule has 0 aliphatic rings. The van der Waals surface area contributed by atoms with Crippen LogP contribution in [0.15, 0.2) is 48.6 Å². The molecule has 6 nitrogen and oxygen atoms in total. The molecule has 0 unspecified atom stereocenters. The number of aliphatic hydroxyl groups excluding tert-OH is 1. The van der Waals surface area contributed by atoms with E-state index in [1.54, 1.807) is 6.08 Å². The molecule has 0 aromatic heterocycles. The van der Waals surface area contributed by atoms with Gasteiger partial charge in [0, 0.05) is 19.3 Å². The van der Waals surface area contributed by atoms with Gasteiger partial charge in [0.2, 0.25) is 0 Å². The predicted molar refractivity (Wildman–Crippen MR) is 205 cm³/mol. The minimum Gasteiger partial charge on any atom is -0.462 e. The monoisotopic (exact) mass is 687 g/mol. The summed E-state index contributed by atoms with van der Waals surface area (Å²) in [5, 5.41) is 9.54. The van der Waals surface area contributed by atoms with Gasteiger partial charge < -0.3 is 14.6 Å². The first-order valence-corrected chi connectivity index (χ1v) is 20.1. The number of rotatable bonds is 36. The number of hydrogen-bond acceptors (Lipinski definition) is 6. The van der Waals surface area contributed by atoms with Gasteiger partial charge in [0.25, 0.3) is 0 Å². The molecule has 0 bridgehead atoms. The van der Waals surface area contributed by atoms with Crippen molar-refractivity contribution in [2.24, 2.45) is 0 Å². The number of unbranched alkanes of at least 4 members (excludes halogenated alkanes) is 19. The Morgan fingerprint density at radius 3 is 1.59 bits per heavy atom. The Hall–Kier alpha value is -2.47. The van der Waals surface area contributed by atoms with Crippen molar-refractivity contribution in [3.63, 3.8) is 0 Å². The van der Waals surface area contributed by atoms with Crippen molar-refractivity contribution in [2.45, 2.75) is 193 Å². The molecule has 0 aliphatic carbocycles. The third-order valence-corrected chi connectivity index (χ3v) is 8.60. The van der Waals surface area contributed by atoms with Crippen LogP contribution in [0, 0.1) is 0 Å². The van der Waals surface area contributed by atoms with Gasteiger partial charge in [-0.1, -0.05) is 172 Å². The van der Waals surface area contributed by atoms with E-state index in [0.29, 0.717) is 12.8 Å². The fourth-order valence-electron chi connectivity index (χ4n) is 5.51. The van der Waals surface area contributed by atoms with Crippen LogP contribution in [0.2, 0.25) is 0 Å². The first-order valence-electron chi connectivity index (χ1n) is 20.1. The van der Waals surface area contributed by atoms with E-state index in [1.807, 2.05) is 12.2 Å². The lowest BCUT2D eigenvalue weighted by Crippen LogP contribution is -2.28. The Balaban J connectivity index is 3.73. The molecule has 0 rings (SSSR count). The highest BCUT2D eigenvalue weighted by Gasteiger charge is 2.16. The molecule has 0 radical (unpaired) electrons. The van der Waals surface area contributed by atoms with Crippen molar-refractivity contribution in [3.8, 4) is 0 Å². The molecule has 1 N–H and O–H groups in total. The van der Waals surface area contributed by atoms with Crippen molar-refractivity contribution < 1.29 is 29.0 Å². The van der Waals surface area contributed by atoms with Gasteiger partial charge in [-0.3, -0.25) is 14.4 Å². The summed E-state index contributed by atoms with van der Waals surface area (Å²) >= 11 is 0. The second kappa shape index (κ2) is 38.3. The topological polar surface area (TPSA) is 89.9 Å². The first-order chi connectivity index (χ1) is 24.0. The molecule has 0 spiro atoms. The van der Waals surface area contributed by atoms with Crippen LogP contribution in [-0.4, -0.2) is 42.1 Å². The van der Waals surface area contributed by atoms with Gasteiger partial charge in [-0.25, -0.2) is 0 Å². The Bertz CT molecular complexity index is 887. The number of aliphatic hydroxyl groups is 1. The first kappa shape index (κ1) is 46.5. The minimum atomic E-state index is -0.886. The maximum Gasteiger partial charge on any atom is 0.306 e. The molecule has 0 saturated heterocycles. The van der Waals surface area contributed by atoms with Crippen LogP contribution in [0.1, 0.15) is 187 Å². The summed E-state index contributed by atoms with van der Waals surface area (Å²) in [6, 6.07) is 0. The van der Waals surface area contributed by atoms with Crippen molar-refractivity contribution in [1.82, 2.24) is 0 Å². The van der Waals surface area contributed by atoms with E-state index in [-0.39, 0.29) is 31.2 Å². The van der Waals surface area contributed by atoms with Crippen LogP contribution < -0.4 is 0 Å². The molecular weight excluding hydrogens is 612 g/mol. The van der Waals surface area contributed by atoms with Gasteiger partial charge in [-0.15, -0.1) is 0 Å². The van der Waals surface area contributed by atoms with Gasteiger partial charge in [0.05, 0.1) is 6.61 Å². The zero-order valence-corrected chi connectivity index (χ0v) is 31.7. The van der Waals surface area contributed by atoms with Crippen molar-refractivity contribution in [3.05, 3.63) is 48.6 Å². The standard InChI is InChI=1S/C43H74O6/c1-3-5-7-9-11-13-15-17-18-19-20-22-24-26-28-30-32-36-42(46)48-39-41(38-44)49-43(47)37-33-35-40(45)34-31-29-27-25-23-21-16-14-12-10-8-6-4-2/h12,14,21,23,27,29,31,34,41,44H,3-11,13,15-20,22,24-26,28,30,32-33,35-39H2,1-2H3/b14-12-,23-21-,29-27-,34-31+/t41-/m0/s1. The lowest BCUT2D eigenvalue weighted by molar-refractivity contribution is -0.161. The molecule has 6 heteroatoms. The third kappa shape index (κ3) is 36.6. The van der Waals surface area contributed by atoms with E-state index in [4.69, 9.17) is 9.47 Å². The zero-order valence-electron chi connectivity index (χ0n) is 31.7. The van der Waals surface area contributed by atoms with Crippen LogP contribution in [0.25, 0.3) is 0 Å². The quantitative estimate of drug-likeness (QED) is 0.0232. The minimum absolute atomic E-state index is 0.0572. The lowest BCUT2D eigenvalue weighted by atomic mass is 10.0. The van der Waals surface area contributed by atoms with E-state index >= 15 is 0 Å². The molecule has 49 heavy (non-hydrogen) atoms. The summed E-state index contributed by atoms with van der Waals surface area (Å²) in [4.78, 5) is 36.3. The van der Waals surface area contributed by atoms with E-state index < -0.39 is 18.7 Å². The largest absolute Gasteiger partial charge is 0.462 e. The summed E-state index contributed by atoms with van der Waals surface area (Å²) in [5.74, 6) is -0.899. The lowest BCUT2D eigenvalue weighted by Gasteiger charge is -2.15. The van der Waals surface area contributed by atoms with E-state index in [9.17, 15) is 19.5 Å². The van der Waals surface area contributed by atoms with Crippen molar-refractivity contribution >= 4 is 17.7 Å². The third-order valence-electron chi connectivity index (χ3n) is 8.60. The average molecular weight is 687 g/mol. The molecule has 0 aliphatic heterocycles.